The molecule has 3 aromatic carbocycles. The van der Waals surface area contributed by atoms with Crippen molar-refractivity contribution in [2.45, 2.75) is 0 Å². The van der Waals surface area contributed by atoms with Crippen molar-refractivity contribution in [1.82, 2.24) is 0 Å². The van der Waals surface area contributed by atoms with Crippen molar-refractivity contribution < 1.29 is 62.5 Å². The molecule has 0 bridgehead atoms. The molecule has 0 saturated heterocycles. The minimum atomic E-state index is -3.33. The van der Waals surface area contributed by atoms with Gasteiger partial charge in [-0.1, -0.05) is 0 Å². The van der Waals surface area contributed by atoms with E-state index in [1.165, 1.54) is 0 Å². The van der Waals surface area contributed by atoms with Crippen molar-refractivity contribution in [2.24, 2.45) is 0 Å². The fourth-order valence-electron chi connectivity index (χ4n) is 3.59. The molecule has 0 saturated carbocycles. The molecule has 0 aliphatic heterocycles. The van der Waals surface area contributed by atoms with Gasteiger partial charge < -0.3 is 14.2 Å². The van der Waals surface area contributed by atoms with E-state index >= 15 is 4.39 Å². The Morgan fingerprint density at radius 3 is 1.06 bits per heavy atom. The first-order valence-corrected chi connectivity index (χ1v) is 9.36. The minimum Gasteiger partial charge on any atom is -0.491 e. The molecule has 3 nitrogen and oxygen atoms in total. The molecule has 0 unspecified atom stereocenters. The van der Waals surface area contributed by atoms with Crippen LogP contribution in [0.5, 0.6) is 17.2 Å². The highest BCUT2D eigenvalue weighted by atomic mass is 19.2. The summed E-state index contributed by atoms with van der Waals surface area (Å²) in [6, 6.07) is -0.164. The van der Waals surface area contributed by atoms with Crippen LogP contribution < -0.4 is 30.6 Å². The third kappa shape index (κ3) is 3.86. The summed E-state index contributed by atoms with van der Waals surface area (Å²) in [6.07, 6.45) is 0. The first kappa shape index (κ1) is 27.0. The van der Waals surface area contributed by atoms with Gasteiger partial charge in [-0.25, -0.2) is 30.7 Å². The normalized spacial score (nSPS) is 11.1. The molecule has 0 N–H and O–H groups in total. The van der Waals surface area contributed by atoms with Gasteiger partial charge in [-0.05, 0) is 0 Å². The van der Waals surface area contributed by atoms with Crippen LogP contribution in [0.25, 0.3) is 0 Å². The molecule has 0 aliphatic carbocycles. The van der Waals surface area contributed by atoms with E-state index in [1.54, 1.807) is 0 Å². The van der Waals surface area contributed by atoms with Crippen LogP contribution >= 0.6 is 0 Å². The quantitative estimate of drug-likeness (QED) is 0.276. The van der Waals surface area contributed by atoms with Crippen LogP contribution in [0.15, 0.2) is 6.07 Å². The molecule has 0 spiro atoms. The van der Waals surface area contributed by atoms with Crippen molar-refractivity contribution in [1.29, 1.82) is 0 Å². The highest BCUT2D eigenvalue weighted by Gasteiger charge is 2.44. The standard InChI is InChI=1S/C21H10BF11O3/c1-34-19-6(24)4-5(23)7(14(19)29)22(8-10(25)15(30)20(35-2)16(31)11(8)26)9-12(27)17(32)21(36-3)18(33)13(9)28/h4H,1-3H3. The second-order valence-electron chi connectivity index (χ2n) is 6.94. The van der Waals surface area contributed by atoms with Crippen LogP contribution in [0.4, 0.5) is 48.3 Å². The Labute approximate surface area is 195 Å². The second-order valence-corrected chi connectivity index (χ2v) is 6.94. The van der Waals surface area contributed by atoms with Crippen LogP contribution in [-0.2, 0) is 0 Å². The molecular formula is C21H10BF11O3. The molecule has 0 atom stereocenters. The van der Waals surface area contributed by atoms with Crippen LogP contribution in [0.2, 0.25) is 0 Å². The molecule has 15 heteroatoms. The first-order chi connectivity index (χ1) is 16.8. The molecule has 3 rings (SSSR count). The van der Waals surface area contributed by atoms with Crippen molar-refractivity contribution in [3.05, 3.63) is 70.1 Å². The molecule has 0 aliphatic rings. The molecule has 36 heavy (non-hydrogen) atoms. The fourth-order valence-corrected chi connectivity index (χ4v) is 3.59. The highest BCUT2D eigenvalue weighted by molar-refractivity contribution is 6.95. The number of hydrogen-bond donors (Lipinski definition) is 0. The molecule has 0 aromatic heterocycles. The Bertz CT molecular complexity index is 1250. The van der Waals surface area contributed by atoms with Gasteiger partial charge in [0.2, 0.25) is 23.3 Å². The maximum Gasteiger partial charge on any atom is 0.264 e. The average Bonchev–Trinajstić information content (AvgIpc) is 2.82. The summed E-state index contributed by atoms with van der Waals surface area (Å²) in [7, 11) is 1.80. The van der Waals surface area contributed by atoms with E-state index in [9.17, 15) is 43.9 Å². The van der Waals surface area contributed by atoms with Crippen LogP contribution in [0.3, 0.4) is 0 Å². The number of methoxy groups -OCH3 is 3. The topological polar surface area (TPSA) is 27.7 Å². The lowest BCUT2D eigenvalue weighted by atomic mass is 9.36. The van der Waals surface area contributed by atoms with Gasteiger partial charge >= 0.3 is 0 Å². The zero-order chi connectivity index (χ0) is 27.2. The summed E-state index contributed by atoms with van der Waals surface area (Å²) in [4.78, 5) is 0. The SMILES string of the molecule is COc1c(F)cc(F)c(B(c2c(F)c(F)c(OC)c(F)c2F)c2c(F)c(F)c(OC)c(F)c2F)c1F. The smallest absolute Gasteiger partial charge is 0.264 e. The van der Waals surface area contributed by atoms with Crippen molar-refractivity contribution in [3.63, 3.8) is 0 Å². The van der Waals surface area contributed by atoms with Gasteiger partial charge in [0.25, 0.3) is 6.71 Å². The van der Waals surface area contributed by atoms with E-state index in [2.05, 4.69) is 14.2 Å². The average molecular weight is 530 g/mol. The van der Waals surface area contributed by atoms with E-state index in [4.69, 9.17) is 0 Å². The monoisotopic (exact) mass is 530 g/mol. The lowest BCUT2D eigenvalue weighted by Gasteiger charge is -2.22. The van der Waals surface area contributed by atoms with Gasteiger partial charge in [-0.15, -0.1) is 0 Å². The predicted molar refractivity (Wildman–Crippen MR) is 103 cm³/mol. The first-order valence-electron chi connectivity index (χ1n) is 9.36. The van der Waals surface area contributed by atoms with E-state index in [-0.39, 0.29) is 6.07 Å². The predicted octanol–water partition coefficient (Wildman–Crippen LogP) is 3.76. The van der Waals surface area contributed by atoms with Crippen LogP contribution in [0.1, 0.15) is 0 Å². The van der Waals surface area contributed by atoms with Gasteiger partial charge in [-0.2, -0.15) is 17.6 Å². The van der Waals surface area contributed by atoms with E-state index in [0.717, 1.165) is 0 Å². The van der Waals surface area contributed by atoms with Crippen LogP contribution in [-0.4, -0.2) is 28.0 Å². The van der Waals surface area contributed by atoms with Gasteiger partial charge in [0.15, 0.2) is 52.2 Å². The summed E-state index contributed by atoms with van der Waals surface area (Å²) in [6.45, 7) is -3.33. The molecule has 0 heterocycles. The maximum atomic E-state index is 15.1. The lowest BCUT2D eigenvalue weighted by molar-refractivity contribution is 0.334. The fraction of sp³-hybridized carbons (Fsp3) is 0.143. The van der Waals surface area contributed by atoms with Gasteiger partial charge in [0.1, 0.15) is 5.82 Å². The molecule has 192 valence electrons. The second kappa shape index (κ2) is 9.78. The number of rotatable bonds is 6. The van der Waals surface area contributed by atoms with Gasteiger partial charge in [0, 0.05) is 22.5 Å². The molecule has 0 radical (unpaired) electrons. The van der Waals surface area contributed by atoms with Crippen molar-refractivity contribution >= 4 is 23.1 Å². The lowest BCUT2D eigenvalue weighted by Crippen LogP contribution is -2.60. The van der Waals surface area contributed by atoms with Crippen molar-refractivity contribution in [3.8, 4) is 17.2 Å². The molecule has 0 amide bonds. The van der Waals surface area contributed by atoms with Crippen LogP contribution in [0, 0.1) is 64.0 Å². The summed E-state index contributed by atoms with van der Waals surface area (Å²) >= 11 is 0. The third-order valence-electron chi connectivity index (χ3n) is 5.16. The van der Waals surface area contributed by atoms with Crippen molar-refractivity contribution in [2.75, 3.05) is 21.3 Å². The number of hydrogen-bond acceptors (Lipinski definition) is 3. The Morgan fingerprint density at radius 1 is 0.417 bits per heavy atom. The Hall–Kier alpha value is -3.65. The van der Waals surface area contributed by atoms with E-state index < -0.39 is 104 Å². The third-order valence-corrected chi connectivity index (χ3v) is 5.16. The molecular weight excluding hydrogens is 520 g/mol. The number of ether oxygens (including phenoxy) is 3. The molecule has 0 fully saturated rings. The van der Waals surface area contributed by atoms with E-state index in [0.29, 0.717) is 21.3 Å². The summed E-state index contributed by atoms with van der Waals surface area (Å²) in [5, 5.41) is 0. The molecule has 3 aromatic rings. The summed E-state index contributed by atoms with van der Waals surface area (Å²) in [5.41, 5.74) is -6.16. The van der Waals surface area contributed by atoms with Gasteiger partial charge in [-0.3, -0.25) is 0 Å². The highest BCUT2D eigenvalue weighted by Crippen LogP contribution is 2.29. The Morgan fingerprint density at radius 2 is 0.750 bits per heavy atom. The Balaban J connectivity index is 2.65. The maximum absolute atomic E-state index is 15.1. The summed E-state index contributed by atoms with van der Waals surface area (Å²) in [5.74, 6) is -30.3. The summed E-state index contributed by atoms with van der Waals surface area (Å²) < 4.78 is 174. The zero-order valence-corrected chi connectivity index (χ0v) is 18.0. The largest absolute Gasteiger partial charge is 0.491 e. The van der Waals surface area contributed by atoms with Gasteiger partial charge in [0.05, 0.1) is 21.3 Å². The number of halogens is 11. The minimum absolute atomic E-state index is 0.164. The zero-order valence-electron chi connectivity index (χ0n) is 18.0. The number of benzene rings is 3. The van der Waals surface area contributed by atoms with E-state index in [1.807, 2.05) is 0 Å². The Kier molecular flexibility index (Phi) is 7.32.